The highest BCUT2D eigenvalue weighted by Crippen LogP contribution is 2.21. The lowest BCUT2D eigenvalue weighted by Gasteiger charge is -2.36. The molecule has 1 aromatic rings. The molecule has 0 spiro atoms. The van der Waals surface area contributed by atoms with Crippen LogP contribution in [0.1, 0.15) is 23.9 Å². The number of furan rings is 1. The van der Waals surface area contributed by atoms with E-state index >= 15 is 0 Å². The molecule has 1 amide bonds. The normalized spacial score (nSPS) is 27.6. The summed E-state index contributed by atoms with van der Waals surface area (Å²) in [4.78, 5) is 27.7. The Balaban J connectivity index is 1.57. The van der Waals surface area contributed by atoms with Gasteiger partial charge in [-0.1, -0.05) is 0 Å². The molecule has 0 radical (unpaired) electrons. The summed E-state index contributed by atoms with van der Waals surface area (Å²) in [5.41, 5.74) is 0. The largest absolute Gasteiger partial charge is 0.461 e. The van der Waals surface area contributed by atoms with E-state index in [1.54, 1.807) is 17.0 Å². The number of rotatable bonds is 2. The first kappa shape index (κ1) is 13.2. The fourth-order valence-corrected chi connectivity index (χ4v) is 2.83. The van der Waals surface area contributed by atoms with E-state index in [-0.39, 0.29) is 24.0 Å². The summed E-state index contributed by atoms with van der Waals surface area (Å²) in [5.74, 6) is 0.146. The van der Waals surface area contributed by atoms with Gasteiger partial charge in [0.25, 0.3) is 5.91 Å². The predicted octanol–water partition coefficient (Wildman–Crippen LogP) is 0.741. The van der Waals surface area contributed by atoms with Gasteiger partial charge in [0.1, 0.15) is 12.1 Å². The zero-order valence-corrected chi connectivity index (χ0v) is 11.4. The Kier molecular flexibility index (Phi) is 3.48. The molecule has 2 fully saturated rings. The minimum Gasteiger partial charge on any atom is -0.461 e. The Morgan fingerprint density at radius 3 is 2.60 bits per heavy atom. The van der Waals surface area contributed by atoms with Crippen molar-refractivity contribution < 1.29 is 18.7 Å². The Morgan fingerprint density at radius 2 is 2.05 bits per heavy atom. The second kappa shape index (κ2) is 5.28. The van der Waals surface area contributed by atoms with Crippen molar-refractivity contribution in [3.63, 3.8) is 0 Å². The number of esters is 1. The van der Waals surface area contributed by atoms with Gasteiger partial charge < -0.3 is 14.1 Å². The Hall–Kier alpha value is -1.82. The lowest BCUT2D eigenvalue weighted by atomic mass is 10.1. The van der Waals surface area contributed by atoms with Crippen LogP contribution < -0.4 is 0 Å². The van der Waals surface area contributed by atoms with Crippen LogP contribution >= 0.6 is 0 Å². The molecule has 6 heteroatoms. The number of hydrogen-bond acceptors (Lipinski definition) is 5. The van der Waals surface area contributed by atoms with Gasteiger partial charge in [-0.05, 0) is 19.1 Å². The van der Waals surface area contributed by atoms with Gasteiger partial charge in [-0.25, -0.2) is 0 Å². The fourth-order valence-electron chi connectivity index (χ4n) is 2.83. The maximum atomic E-state index is 12.1. The highest BCUT2D eigenvalue weighted by molar-refractivity contribution is 5.91. The van der Waals surface area contributed by atoms with Gasteiger partial charge in [0.15, 0.2) is 5.76 Å². The first-order chi connectivity index (χ1) is 9.65. The number of carbonyl (C=O) groups is 2. The van der Waals surface area contributed by atoms with Crippen LogP contribution in [0.15, 0.2) is 22.8 Å². The van der Waals surface area contributed by atoms with E-state index in [2.05, 4.69) is 4.90 Å². The summed E-state index contributed by atoms with van der Waals surface area (Å²) in [6.45, 7) is 4.52. The molecule has 2 saturated heterocycles. The molecule has 20 heavy (non-hydrogen) atoms. The van der Waals surface area contributed by atoms with Gasteiger partial charge in [0.2, 0.25) is 0 Å². The second-order valence-corrected chi connectivity index (χ2v) is 5.30. The molecule has 3 heterocycles. The van der Waals surface area contributed by atoms with Crippen LogP contribution in [0, 0.1) is 0 Å². The summed E-state index contributed by atoms with van der Waals surface area (Å²) in [5, 5.41) is 0. The van der Waals surface area contributed by atoms with Crippen molar-refractivity contribution in [2.45, 2.75) is 25.5 Å². The van der Waals surface area contributed by atoms with Gasteiger partial charge in [-0.3, -0.25) is 14.5 Å². The van der Waals surface area contributed by atoms with Crippen molar-refractivity contribution in [2.24, 2.45) is 0 Å². The van der Waals surface area contributed by atoms with Crippen LogP contribution in [0.25, 0.3) is 0 Å². The molecule has 108 valence electrons. The van der Waals surface area contributed by atoms with E-state index in [0.717, 1.165) is 6.42 Å². The molecule has 0 saturated carbocycles. The van der Waals surface area contributed by atoms with Gasteiger partial charge >= 0.3 is 5.97 Å². The van der Waals surface area contributed by atoms with Gasteiger partial charge in [-0.15, -0.1) is 0 Å². The number of carbonyl (C=O) groups excluding carboxylic acids is 2. The first-order valence-electron chi connectivity index (χ1n) is 6.92. The highest BCUT2D eigenvalue weighted by atomic mass is 16.6. The third-order valence-electron chi connectivity index (χ3n) is 3.92. The van der Waals surface area contributed by atoms with E-state index in [0.29, 0.717) is 31.9 Å². The molecule has 2 atom stereocenters. The number of nitrogens with zero attached hydrogens (tertiary/aromatic N) is 2. The molecule has 0 unspecified atom stereocenters. The van der Waals surface area contributed by atoms with E-state index in [1.807, 2.05) is 6.92 Å². The molecule has 0 bridgehead atoms. The summed E-state index contributed by atoms with van der Waals surface area (Å²) < 4.78 is 10.3. The SMILES string of the molecule is C[C@H]1C[C@@H](N2CCN(C(=O)c3ccco3)CC2)C(=O)O1. The maximum Gasteiger partial charge on any atom is 0.323 e. The van der Waals surface area contributed by atoms with Crippen molar-refractivity contribution in [1.29, 1.82) is 0 Å². The van der Waals surface area contributed by atoms with Crippen LogP contribution in [0.3, 0.4) is 0 Å². The van der Waals surface area contributed by atoms with Crippen LogP contribution in [-0.4, -0.2) is 60.0 Å². The van der Waals surface area contributed by atoms with Crippen molar-refractivity contribution in [3.8, 4) is 0 Å². The van der Waals surface area contributed by atoms with Gasteiger partial charge in [-0.2, -0.15) is 0 Å². The third-order valence-corrected chi connectivity index (χ3v) is 3.92. The first-order valence-corrected chi connectivity index (χ1v) is 6.92. The van der Waals surface area contributed by atoms with E-state index in [4.69, 9.17) is 9.15 Å². The number of hydrogen-bond donors (Lipinski definition) is 0. The standard InChI is InChI=1S/C14H18N2O4/c1-10-9-11(14(18)20-10)15-4-6-16(7-5-15)13(17)12-3-2-8-19-12/h2-3,8,10-11H,4-7,9H2,1H3/t10-,11+/m0/s1. The zero-order valence-electron chi connectivity index (χ0n) is 11.4. The van der Waals surface area contributed by atoms with Gasteiger partial charge in [0.05, 0.1) is 6.26 Å². The number of ether oxygens (including phenoxy) is 1. The summed E-state index contributed by atoms with van der Waals surface area (Å²) >= 11 is 0. The van der Waals surface area contributed by atoms with Crippen molar-refractivity contribution in [1.82, 2.24) is 9.80 Å². The fraction of sp³-hybridized carbons (Fsp3) is 0.571. The topological polar surface area (TPSA) is 63.0 Å². The molecule has 3 rings (SSSR count). The summed E-state index contributed by atoms with van der Waals surface area (Å²) in [6, 6.07) is 3.23. The van der Waals surface area contributed by atoms with E-state index in [1.165, 1.54) is 6.26 Å². The van der Waals surface area contributed by atoms with Crippen molar-refractivity contribution >= 4 is 11.9 Å². The average molecular weight is 278 g/mol. The van der Waals surface area contributed by atoms with Crippen molar-refractivity contribution in [3.05, 3.63) is 24.2 Å². The van der Waals surface area contributed by atoms with E-state index < -0.39 is 0 Å². The van der Waals surface area contributed by atoms with Crippen molar-refractivity contribution in [2.75, 3.05) is 26.2 Å². The molecule has 0 N–H and O–H groups in total. The third kappa shape index (κ3) is 2.43. The minimum absolute atomic E-state index is 0.00437. The smallest absolute Gasteiger partial charge is 0.323 e. The molecular weight excluding hydrogens is 260 g/mol. The number of amides is 1. The average Bonchev–Trinajstić information content (AvgIpc) is 3.08. The summed E-state index contributed by atoms with van der Waals surface area (Å²) in [7, 11) is 0. The van der Waals surface area contributed by atoms with Gasteiger partial charge in [0, 0.05) is 32.6 Å². The molecule has 0 aliphatic carbocycles. The quantitative estimate of drug-likeness (QED) is 0.747. The Bertz CT molecular complexity index is 491. The molecule has 2 aliphatic heterocycles. The van der Waals surface area contributed by atoms with Crippen LogP contribution in [-0.2, 0) is 9.53 Å². The van der Waals surface area contributed by atoms with E-state index in [9.17, 15) is 9.59 Å². The lowest BCUT2D eigenvalue weighted by Crippen LogP contribution is -2.53. The molecular formula is C14H18N2O4. The monoisotopic (exact) mass is 278 g/mol. The Labute approximate surface area is 117 Å². The summed E-state index contributed by atoms with van der Waals surface area (Å²) in [6.07, 6.45) is 2.24. The van der Waals surface area contributed by atoms with Crippen LogP contribution in [0.4, 0.5) is 0 Å². The predicted molar refractivity (Wildman–Crippen MR) is 70.1 cm³/mol. The minimum atomic E-state index is -0.147. The molecule has 0 aromatic carbocycles. The molecule has 2 aliphatic rings. The lowest BCUT2D eigenvalue weighted by molar-refractivity contribution is -0.145. The molecule has 6 nitrogen and oxygen atoms in total. The second-order valence-electron chi connectivity index (χ2n) is 5.30. The zero-order chi connectivity index (χ0) is 14.1. The van der Waals surface area contributed by atoms with Crippen LogP contribution in [0.2, 0.25) is 0 Å². The molecule has 1 aromatic heterocycles. The number of piperazine rings is 1. The number of cyclic esters (lactones) is 1. The highest BCUT2D eigenvalue weighted by Gasteiger charge is 2.38. The van der Waals surface area contributed by atoms with Crippen LogP contribution in [0.5, 0.6) is 0 Å². The Morgan fingerprint density at radius 1 is 1.30 bits per heavy atom. The maximum absolute atomic E-state index is 12.1.